The normalized spacial score (nSPS) is 19.5. The minimum atomic E-state index is -0.411. The van der Waals surface area contributed by atoms with Gasteiger partial charge in [-0.3, -0.25) is 24.2 Å². The number of hydrogen-bond donors (Lipinski definition) is 2. The average Bonchev–Trinajstić information content (AvgIpc) is 3.73. The summed E-state index contributed by atoms with van der Waals surface area (Å²) >= 11 is 0. The summed E-state index contributed by atoms with van der Waals surface area (Å²) in [7, 11) is 0. The van der Waals surface area contributed by atoms with Crippen molar-refractivity contribution in [2.75, 3.05) is 36.9 Å². The fourth-order valence-electron chi connectivity index (χ4n) is 5.17. The minimum Gasteiger partial charge on any atom is -0.379 e. The van der Waals surface area contributed by atoms with Gasteiger partial charge in [0.1, 0.15) is 0 Å². The third-order valence-corrected chi connectivity index (χ3v) is 7.50. The number of anilines is 2. The van der Waals surface area contributed by atoms with E-state index >= 15 is 0 Å². The number of carbonyl (C=O) groups excluding carboxylic acids is 2. The second-order valence-corrected chi connectivity index (χ2v) is 10.2. The van der Waals surface area contributed by atoms with Crippen LogP contribution in [-0.2, 0) is 9.53 Å². The Bertz CT molecular complexity index is 1520. The molecule has 6 rings (SSSR count). The lowest BCUT2D eigenvalue weighted by molar-refractivity contribution is -0.117. The Morgan fingerprint density at radius 2 is 2.03 bits per heavy atom. The van der Waals surface area contributed by atoms with E-state index < -0.39 is 5.91 Å². The molecule has 0 spiro atoms. The molecule has 4 aromatic rings. The highest BCUT2D eigenvalue weighted by atomic mass is 16.5. The molecule has 6 heterocycles. The first-order valence-electron chi connectivity index (χ1n) is 13.2. The fraction of sp³-hybridized carbons (Fsp3) is 0.407. The van der Waals surface area contributed by atoms with Gasteiger partial charge in [0.15, 0.2) is 5.69 Å². The van der Waals surface area contributed by atoms with Crippen LogP contribution >= 0.6 is 0 Å². The lowest BCUT2D eigenvalue weighted by atomic mass is 10.1. The Balaban J connectivity index is 1.15. The molecule has 2 amide bonds. The first-order valence-corrected chi connectivity index (χ1v) is 13.2. The summed E-state index contributed by atoms with van der Waals surface area (Å²) in [5.74, 6) is -0.514. The van der Waals surface area contributed by atoms with Crippen LogP contribution < -0.4 is 10.6 Å². The summed E-state index contributed by atoms with van der Waals surface area (Å²) in [4.78, 5) is 32.3. The molecule has 0 bridgehead atoms. The molecule has 0 saturated carbocycles. The highest BCUT2D eigenvalue weighted by Crippen LogP contribution is 2.25. The molecule has 39 heavy (non-hydrogen) atoms. The van der Waals surface area contributed by atoms with Crippen LogP contribution in [0.3, 0.4) is 0 Å². The van der Waals surface area contributed by atoms with Gasteiger partial charge < -0.3 is 15.4 Å². The standard InChI is InChI=1S/C27H31N9O3/c1-17-4-3-8-34(17)15-25(37)30-21-10-23(18(2)28-12-21)31-27(38)26-24-6-5-19(13-36(24)33-32-26)20-11-29-35(14-20)22-7-9-39-16-22/h5-6,10-14,17,22H,3-4,7-9,15-16H2,1-2H3,(H,30,37)(H,31,38)/t17-,22?/m1/s1. The second-order valence-electron chi connectivity index (χ2n) is 10.2. The van der Waals surface area contributed by atoms with Crippen molar-refractivity contribution in [1.29, 1.82) is 0 Å². The summed E-state index contributed by atoms with van der Waals surface area (Å²) in [6.45, 7) is 6.61. The van der Waals surface area contributed by atoms with E-state index in [0.29, 0.717) is 41.8 Å². The molecule has 0 aliphatic carbocycles. The fourth-order valence-corrected chi connectivity index (χ4v) is 5.17. The van der Waals surface area contributed by atoms with Crippen LogP contribution in [0.15, 0.2) is 43.0 Å². The van der Waals surface area contributed by atoms with Crippen LogP contribution in [0.1, 0.15) is 48.4 Å². The van der Waals surface area contributed by atoms with E-state index in [2.05, 4.69) is 42.9 Å². The number of nitrogens with one attached hydrogen (secondary N) is 2. The Morgan fingerprint density at radius 3 is 2.82 bits per heavy atom. The molecule has 2 saturated heterocycles. The lowest BCUT2D eigenvalue weighted by Gasteiger charge is -2.20. The van der Waals surface area contributed by atoms with E-state index in [1.54, 1.807) is 23.7 Å². The molecule has 12 nitrogen and oxygen atoms in total. The monoisotopic (exact) mass is 529 g/mol. The summed E-state index contributed by atoms with van der Waals surface area (Å²) in [5, 5.41) is 18.6. The van der Waals surface area contributed by atoms with Crippen molar-refractivity contribution in [3.05, 3.63) is 54.4 Å². The minimum absolute atomic E-state index is 0.103. The van der Waals surface area contributed by atoms with Gasteiger partial charge in [0.25, 0.3) is 5.91 Å². The third kappa shape index (κ3) is 5.25. The van der Waals surface area contributed by atoms with Gasteiger partial charge in [0.05, 0.1) is 54.2 Å². The van der Waals surface area contributed by atoms with Crippen LogP contribution in [0.5, 0.6) is 0 Å². The number of aromatic nitrogens is 6. The van der Waals surface area contributed by atoms with Crippen molar-refractivity contribution in [3.63, 3.8) is 0 Å². The largest absolute Gasteiger partial charge is 0.379 e. The zero-order valence-corrected chi connectivity index (χ0v) is 22.0. The van der Waals surface area contributed by atoms with E-state index in [1.165, 1.54) is 0 Å². The summed E-state index contributed by atoms with van der Waals surface area (Å²) < 4.78 is 8.99. The number of likely N-dealkylation sites (tertiary alicyclic amines) is 1. The molecule has 12 heteroatoms. The smallest absolute Gasteiger partial charge is 0.278 e. The van der Waals surface area contributed by atoms with Crippen molar-refractivity contribution in [2.24, 2.45) is 0 Å². The van der Waals surface area contributed by atoms with Crippen LogP contribution in [0.25, 0.3) is 16.6 Å². The Hall–Kier alpha value is -4.16. The third-order valence-electron chi connectivity index (χ3n) is 7.50. The predicted octanol–water partition coefficient (Wildman–Crippen LogP) is 2.93. The molecular formula is C27H31N9O3. The number of pyridine rings is 2. The predicted molar refractivity (Wildman–Crippen MR) is 145 cm³/mol. The van der Waals surface area contributed by atoms with E-state index in [9.17, 15) is 9.59 Å². The van der Waals surface area contributed by atoms with Crippen LogP contribution in [-0.4, -0.2) is 78.7 Å². The van der Waals surface area contributed by atoms with Gasteiger partial charge in [-0.15, -0.1) is 5.10 Å². The Kier molecular flexibility index (Phi) is 6.79. The number of amides is 2. The van der Waals surface area contributed by atoms with E-state index in [4.69, 9.17) is 4.74 Å². The van der Waals surface area contributed by atoms with Gasteiger partial charge >= 0.3 is 0 Å². The molecule has 202 valence electrons. The van der Waals surface area contributed by atoms with Gasteiger partial charge in [-0.05, 0) is 51.8 Å². The van der Waals surface area contributed by atoms with Crippen molar-refractivity contribution in [2.45, 2.75) is 45.2 Å². The van der Waals surface area contributed by atoms with Crippen molar-refractivity contribution < 1.29 is 14.3 Å². The van der Waals surface area contributed by atoms with E-state index in [0.717, 1.165) is 43.5 Å². The van der Waals surface area contributed by atoms with Gasteiger partial charge in [-0.2, -0.15) is 5.10 Å². The zero-order valence-electron chi connectivity index (χ0n) is 22.0. The Labute approximate surface area is 225 Å². The van der Waals surface area contributed by atoms with Crippen molar-refractivity contribution in [1.82, 2.24) is 34.5 Å². The molecule has 2 atom stereocenters. The number of rotatable bonds is 7. The maximum Gasteiger partial charge on any atom is 0.278 e. The van der Waals surface area contributed by atoms with Crippen LogP contribution in [0, 0.1) is 6.92 Å². The number of hydrogen-bond acceptors (Lipinski definition) is 8. The second kappa shape index (κ2) is 10.5. The zero-order chi connectivity index (χ0) is 26.9. The van der Waals surface area contributed by atoms with Crippen LogP contribution in [0.2, 0.25) is 0 Å². The molecule has 0 aromatic carbocycles. The number of carbonyl (C=O) groups is 2. The first kappa shape index (κ1) is 25.1. The SMILES string of the molecule is Cc1ncc(NC(=O)CN2CCC[C@H]2C)cc1NC(=O)c1nnn2cc(-c3cnn(C4CCOC4)c3)ccc12. The molecule has 2 aliphatic rings. The van der Waals surface area contributed by atoms with Gasteiger partial charge in [0.2, 0.25) is 5.91 Å². The molecule has 2 N–H and O–H groups in total. The molecule has 0 radical (unpaired) electrons. The molecular weight excluding hydrogens is 498 g/mol. The number of aryl methyl sites for hydroxylation is 1. The molecule has 4 aromatic heterocycles. The Morgan fingerprint density at radius 1 is 1.13 bits per heavy atom. The quantitative estimate of drug-likeness (QED) is 0.374. The summed E-state index contributed by atoms with van der Waals surface area (Å²) in [5.41, 5.74) is 4.27. The van der Waals surface area contributed by atoms with Crippen molar-refractivity contribution in [3.8, 4) is 11.1 Å². The molecule has 2 fully saturated rings. The number of ether oxygens (including phenoxy) is 1. The van der Waals surface area contributed by atoms with Gasteiger partial charge in [0, 0.05) is 36.2 Å². The molecule has 1 unspecified atom stereocenters. The first-order chi connectivity index (χ1) is 18.9. The van der Waals surface area contributed by atoms with E-state index in [1.807, 2.05) is 35.4 Å². The maximum atomic E-state index is 13.2. The van der Waals surface area contributed by atoms with Crippen molar-refractivity contribution >= 4 is 28.7 Å². The maximum absolute atomic E-state index is 13.2. The van der Waals surface area contributed by atoms with Gasteiger partial charge in [-0.25, -0.2) is 4.52 Å². The highest BCUT2D eigenvalue weighted by molar-refractivity contribution is 6.08. The molecule has 2 aliphatic heterocycles. The summed E-state index contributed by atoms with van der Waals surface area (Å²) in [6.07, 6.45) is 10.4. The van der Waals surface area contributed by atoms with Crippen LogP contribution in [0.4, 0.5) is 11.4 Å². The number of nitrogens with zero attached hydrogens (tertiary/aromatic N) is 7. The van der Waals surface area contributed by atoms with Gasteiger partial charge in [-0.1, -0.05) is 11.3 Å². The average molecular weight is 530 g/mol. The number of fused-ring (bicyclic) bond motifs is 1. The summed E-state index contributed by atoms with van der Waals surface area (Å²) in [6, 6.07) is 6.11. The lowest BCUT2D eigenvalue weighted by Crippen LogP contribution is -2.35. The van der Waals surface area contributed by atoms with E-state index in [-0.39, 0.29) is 17.6 Å². The highest BCUT2D eigenvalue weighted by Gasteiger charge is 2.23. The topological polar surface area (TPSA) is 132 Å².